The van der Waals surface area contributed by atoms with Crippen LogP contribution in [0.5, 0.6) is 5.75 Å². The number of hydrogen-bond donors (Lipinski definition) is 0. The molecule has 0 amide bonds. The molecule has 0 fully saturated rings. The molecule has 0 bridgehead atoms. The quantitative estimate of drug-likeness (QED) is 0.283. The topological polar surface area (TPSA) is 9.23 Å². The standard InChI is InChI=1S/C21H21ClO/c1-3-5-10-23-21-13-15(4-2)18-11-16-8-6-7-9-17(16)12-19(18)20(21)14-22/h4,6-9,11-13H,2-3,5,10,14H2,1H3. The van der Waals surface area contributed by atoms with Crippen molar-refractivity contribution in [3.8, 4) is 5.75 Å². The van der Waals surface area contributed by atoms with Crippen LogP contribution in [0, 0.1) is 0 Å². The Morgan fingerprint density at radius 1 is 1.09 bits per heavy atom. The van der Waals surface area contributed by atoms with Gasteiger partial charge in [-0.1, -0.05) is 50.3 Å². The third-order valence-corrected chi connectivity index (χ3v) is 4.48. The van der Waals surface area contributed by atoms with E-state index < -0.39 is 0 Å². The largest absolute Gasteiger partial charge is 0.493 e. The maximum Gasteiger partial charge on any atom is 0.124 e. The van der Waals surface area contributed by atoms with Gasteiger partial charge in [0, 0.05) is 5.56 Å². The predicted molar refractivity (Wildman–Crippen MR) is 102 cm³/mol. The highest BCUT2D eigenvalue weighted by Gasteiger charge is 2.12. The van der Waals surface area contributed by atoms with Gasteiger partial charge in [0.15, 0.2) is 0 Å². The van der Waals surface area contributed by atoms with E-state index in [-0.39, 0.29) is 0 Å². The zero-order valence-corrected chi connectivity index (χ0v) is 14.2. The van der Waals surface area contributed by atoms with Crippen LogP contribution >= 0.6 is 11.6 Å². The van der Waals surface area contributed by atoms with Crippen molar-refractivity contribution in [2.75, 3.05) is 6.61 Å². The number of ether oxygens (including phenoxy) is 1. The van der Waals surface area contributed by atoms with Crippen molar-refractivity contribution in [3.63, 3.8) is 0 Å². The minimum atomic E-state index is 0.438. The summed E-state index contributed by atoms with van der Waals surface area (Å²) in [5.41, 5.74) is 2.15. The van der Waals surface area contributed by atoms with Crippen molar-refractivity contribution in [1.82, 2.24) is 0 Å². The van der Waals surface area contributed by atoms with Crippen molar-refractivity contribution in [3.05, 3.63) is 60.2 Å². The van der Waals surface area contributed by atoms with Gasteiger partial charge in [-0.2, -0.15) is 0 Å². The molecule has 0 saturated carbocycles. The van der Waals surface area contributed by atoms with Crippen LogP contribution in [0.2, 0.25) is 0 Å². The molecular formula is C21H21ClO. The molecule has 0 heterocycles. The second-order valence-corrected chi connectivity index (χ2v) is 5.99. The number of rotatable bonds is 6. The van der Waals surface area contributed by atoms with Gasteiger partial charge in [-0.3, -0.25) is 0 Å². The molecule has 1 nitrogen and oxygen atoms in total. The first-order chi connectivity index (χ1) is 11.3. The molecule has 0 spiro atoms. The lowest BCUT2D eigenvalue weighted by Gasteiger charge is -2.16. The van der Waals surface area contributed by atoms with E-state index in [1.54, 1.807) is 0 Å². The van der Waals surface area contributed by atoms with E-state index in [9.17, 15) is 0 Å². The summed E-state index contributed by atoms with van der Waals surface area (Å²) < 4.78 is 6.00. The van der Waals surface area contributed by atoms with Gasteiger partial charge in [0.2, 0.25) is 0 Å². The Labute approximate surface area is 142 Å². The number of fused-ring (bicyclic) bond motifs is 2. The number of benzene rings is 3. The lowest BCUT2D eigenvalue weighted by atomic mass is 9.95. The van der Waals surface area contributed by atoms with Crippen LogP contribution in [0.15, 0.2) is 49.0 Å². The molecule has 0 saturated heterocycles. The molecule has 0 aliphatic rings. The van der Waals surface area contributed by atoms with E-state index in [4.69, 9.17) is 16.3 Å². The molecule has 0 unspecified atom stereocenters. The lowest BCUT2D eigenvalue weighted by molar-refractivity contribution is 0.307. The molecule has 0 aliphatic carbocycles. The van der Waals surface area contributed by atoms with Crippen LogP contribution in [0.4, 0.5) is 0 Å². The first-order valence-electron chi connectivity index (χ1n) is 8.08. The highest BCUT2D eigenvalue weighted by atomic mass is 35.5. The molecule has 0 atom stereocenters. The fraction of sp³-hybridized carbons (Fsp3) is 0.238. The van der Waals surface area contributed by atoms with E-state index in [0.29, 0.717) is 5.88 Å². The summed E-state index contributed by atoms with van der Waals surface area (Å²) in [6.45, 7) is 6.84. The van der Waals surface area contributed by atoms with Crippen LogP contribution in [-0.4, -0.2) is 6.61 Å². The minimum absolute atomic E-state index is 0.438. The van der Waals surface area contributed by atoms with Gasteiger partial charge in [-0.15, -0.1) is 11.6 Å². The zero-order chi connectivity index (χ0) is 16.2. The summed E-state index contributed by atoms with van der Waals surface area (Å²) in [5, 5.41) is 4.77. The molecule has 2 heteroatoms. The van der Waals surface area contributed by atoms with E-state index in [1.165, 1.54) is 16.2 Å². The van der Waals surface area contributed by atoms with Gasteiger partial charge in [0.25, 0.3) is 0 Å². The maximum absolute atomic E-state index is 6.26. The Morgan fingerprint density at radius 2 is 1.78 bits per heavy atom. The van der Waals surface area contributed by atoms with Gasteiger partial charge in [-0.25, -0.2) is 0 Å². The van der Waals surface area contributed by atoms with Gasteiger partial charge < -0.3 is 4.74 Å². The number of unbranched alkanes of at least 4 members (excludes halogenated alkanes) is 1. The van der Waals surface area contributed by atoms with Gasteiger partial charge >= 0.3 is 0 Å². The predicted octanol–water partition coefficient (Wildman–Crippen LogP) is 6.55. The van der Waals surface area contributed by atoms with Crippen LogP contribution < -0.4 is 4.74 Å². The smallest absolute Gasteiger partial charge is 0.124 e. The average Bonchev–Trinajstić information content (AvgIpc) is 2.59. The lowest BCUT2D eigenvalue weighted by Crippen LogP contribution is -2.00. The molecule has 3 rings (SSSR count). The fourth-order valence-corrected chi connectivity index (χ4v) is 3.21. The fourth-order valence-electron chi connectivity index (χ4n) is 2.93. The van der Waals surface area contributed by atoms with E-state index in [2.05, 4.69) is 56.0 Å². The summed E-state index contributed by atoms with van der Waals surface area (Å²) in [5.74, 6) is 1.32. The summed E-state index contributed by atoms with van der Waals surface area (Å²) >= 11 is 6.26. The van der Waals surface area contributed by atoms with Crippen molar-refractivity contribution in [1.29, 1.82) is 0 Å². The molecule has 0 radical (unpaired) electrons. The molecule has 3 aromatic carbocycles. The molecule has 0 aromatic heterocycles. The average molecular weight is 325 g/mol. The Kier molecular flexibility index (Phi) is 4.88. The van der Waals surface area contributed by atoms with E-state index >= 15 is 0 Å². The number of alkyl halides is 1. The van der Waals surface area contributed by atoms with E-state index in [1.807, 2.05) is 6.08 Å². The first-order valence-corrected chi connectivity index (χ1v) is 8.61. The van der Waals surface area contributed by atoms with Crippen molar-refractivity contribution in [2.45, 2.75) is 25.6 Å². The summed E-state index contributed by atoms with van der Waals surface area (Å²) in [6, 6.07) is 14.9. The van der Waals surface area contributed by atoms with Crippen LogP contribution in [0.3, 0.4) is 0 Å². The molecular weight excluding hydrogens is 304 g/mol. The second-order valence-electron chi connectivity index (χ2n) is 5.73. The normalized spacial score (nSPS) is 11.0. The van der Waals surface area contributed by atoms with Gasteiger partial charge in [-0.05, 0) is 51.7 Å². The minimum Gasteiger partial charge on any atom is -0.493 e. The van der Waals surface area contributed by atoms with Crippen LogP contribution in [0.25, 0.3) is 27.6 Å². The summed E-state index contributed by atoms with van der Waals surface area (Å²) in [7, 11) is 0. The Bertz CT molecular complexity index is 851. The number of halogens is 1. The highest BCUT2D eigenvalue weighted by molar-refractivity contribution is 6.19. The summed E-state index contributed by atoms with van der Waals surface area (Å²) in [4.78, 5) is 0. The summed E-state index contributed by atoms with van der Waals surface area (Å²) in [6.07, 6.45) is 4.05. The molecule has 3 aromatic rings. The Morgan fingerprint density at radius 3 is 2.39 bits per heavy atom. The number of hydrogen-bond acceptors (Lipinski definition) is 1. The van der Waals surface area contributed by atoms with Crippen LogP contribution in [0.1, 0.15) is 30.9 Å². The van der Waals surface area contributed by atoms with Crippen molar-refractivity contribution in [2.24, 2.45) is 0 Å². The van der Waals surface area contributed by atoms with Gasteiger partial charge in [0.05, 0.1) is 12.5 Å². The molecule has 0 aliphatic heterocycles. The molecule has 118 valence electrons. The SMILES string of the molecule is C=Cc1cc(OCCCC)c(CCl)c2cc3ccccc3cc12. The van der Waals surface area contributed by atoms with Crippen LogP contribution in [-0.2, 0) is 5.88 Å². The first kappa shape index (κ1) is 15.9. The second kappa shape index (κ2) is 7.06. The third-order valence-electron chi connectivity index (χ3n) is 4.22. The molecule has 23 heavy (non-hydrogen) atoms. The Hall–Kier alpha value is -1.99. The maximum atomic E-state index is 6.26. The van der Waals surface area contributed by atoms with E-state index in [0.717, 1.165) is 41.7 Å². The zero-order valence-electron chi connectivity index (χ0n) is 13.4. The van der Waals surface area contributed by atoms with Gasteiger partial charge in [0.1, 0.15) is 5.75 Å². The third kappa shape index (κ3) is 3.07. The monoisotopic (exact) mass is 324 g/mol. The highest BCUT2D eigenvalue weighted by Crippen LogP contribution is 2.36. The van der Waals surface area contributed by atoms with Crippen molar-refractivity contribution >= 4 is 39.2 Å². The molecule has 0 N–H and O–H groups in total. The Balaban J connectivity index is 2.25. The van der Waals surface area contributed by atoms with Crippen molar-refractivity contribution < 1.29 is 4.74 Å².